The summed E-state index contributed by atoms with van der Waals surface area (Å²) in [5.41, 5.74) is 5.41. The molecule has 0 aliphatic rings. The van der Waals surface area contributed by atoms with Crippen LogP contribution in [-0.2, 0) is 32.7 Å². The molecule has 0 rings (SSSR count). The molecule has 2 unspecified atom stereocenters. The smallest absolute Gasteiger partial charge is 0.462 e. The molecule has 3 N–H and O–H groups in total. The van der Waals surface area contributed by atoms with Crippen LogP contribution in [0.1, 0.15) is 309 Å². The number of ether oxygens (including phenoxy) is 2. The van der Waals surface area contributed by atoms with E-state index < -0.39 is 26.5 Å². The molecule has 558 valence electrons. The summed E-state index contributed by atoms with van der Waals surface area (Å²) >= 11 is 0. The summed E-state index contributed by atoms with van der Waals surface area (Å²) in [5, 5.41) is 0. The fourth-order valence-corrected chi connectivity index (χ4v) is 11.2. The highest BCUT2D eigenvalue weighted by Gasteiger charge is 2.26. The largest absolute Gasteiger partial charge is 0.472 e. The van der Waals surface area contributed by atoms with E-state index in [0.29, 0.717) is 6.42 Å². The van der Waals surface area contributed by atoms with Crippen molar-refractivity contribution in [3.05, 3.63) is 207 Å². The number of carbonyl (C=O) groups is 2. The standard InChI is InChI=1S/C89H144NO8P/c1-3-5-7-9-11-13-15-17-19-21-23-25-27-29-31-33-35-37-39-41-42-43-44-46-47-49-51-53-55-57-59-61-63-65-67-69-71-73-75-77-79-81-88(91)95-85-87(86-97-99(93,94)96-84-83-90)98-89(92)82-80-78-76-74-72-70-68-66-64-62-60-58-56-54-52-50-48-45-40-38-36-34-32-30-28-26-24-22-20-18-16-14-12-10-8-6-4-2/h5-8,11-14,17-20,23-26,29-32,35-38,41-42,44-46,48,52,54,58,60,87H,3-4,9-10,15-16,21-22,27-28,33-34,39-40,43,47,49-51,53,55-57,59,61-86,90H2,1-2H3,(H,93,94)/b7-5-,8-6-,13-11-,14-12-,19-17-,20-18-,25-23-,26-24-,31-29-,32-30-,37-35-,38-36-,42-41-,46-44-,48-45-,54-52-,60-58-. The van der Waals surface area contributed by atoms with Gasteiger partial charge in [-0.1, -0.05) is 355 Å². The van der Waals surface area contributed by atoms with Gasteiger partial charge in [-0.15, -0.1) is 0 Å². The van der Waals surface area contributed by atoms with Crippen molar-refractivity contribution in [2.45, 2.75) is 315 Å². The fraction of sp³-hybridized carbons (Fsp3) is 0.596. The number of carbonyl (C=O) groups excluding carboxylic acids is 2. The predicted molar refractivity (Wildman–Crippen MR) is 431 cm³/mol. The van der Waals surface area contributed by atoms with Crippen molar-refractivity contribution in [2.75, 3.05) is 26.4 Å². The molecule has 0 aliphatic carbocycles. The van der Waals surface area contributed by atoms with Crippen LogP contribution in [-0.4, -0.2) is 49.3 Å². The molecule has 0 radical (unpaired) electrons. The minimum Gasteiger partial charge on any atom is -0.462 e. The zero-order valence-corrected chi connectivity index (χ0v) is 63.8. The maximum absolute atomic E-state index is 12.8. The van der Waals surface area contributed by atoms with Gasteiger partial charge in [0.2, 0.25) is 0 Å². The number of hydrogen-bond acceptors (Lipinski definition) is 8. The summed E-state index contributed by atoms with van der Waals surface area (Å²) in [6.45, 7) is 3.51. The molecule has 0 aromatic rings. The molecule has 0 heterocycles. The molecular formula is C89H144NO8P. The average Bonchev–Trinajstić information content (AvgIpc) is 1.64. The summed E-state index contributed by atoms with van der Waals surface area (Å²) in [4.78, 5) is 35.5. The van der Waals surface area contributed by atoms with Crippen LogP contribution < -0.4 is 5.73 Å². The first-order valence-electron chi connectivity index (χ1n) is 39.6. The molecule has 0 fully saturated rings. The van der Waals surface area contributed by atoms with Crippen LogP contribution in [0.3, 0.4) is 0 Å². The monoisotopic (exact) mass is 1390 g/mol. The summed E-state index contributed by atoms with van der Waals surface area (Å²) < 4.78 is 33.3. The molecule has 0 amide bonds. The van der Waals surface area contributed by atoms with Gasteiger partial charge in [-0.05, 0) is 148 Å². The quantitative estimate of drug-likeness (QED) is 0.0264. The van der Waals surface area contributed by atoms with Gasteiger partial charge >= 0.3 is 19.8 Å². The minimum absolute atomic E-state index is 0.0440. The maximum atomic E-state index is 12.8. The minimum atomic E-state index is -4.41. The number of unbranched alkanes of at least 4 members (excludes halogenated alkanes) is 25. The lowest BCUT2D eigenvalue weighted by Gasteiger charge is -2.19. The maximum Gasteiger partial charge on any atom is 0.472 e. The molecule has 0 aliphatic heterocycles. The highest BCUT2D eigenvalue weighted by Crippen LogP contribution is 2.43. The first kappa shape index (κ1) is 93.6. The van der Waals surface area contributed by atoms with Crippen molar-refractivity contribution >= 4 is 19.8 Å². The lowest BCUT2D eigenvalue weighted by Crippen LogP contribution is -2.29. The highest BCUT2D eigenvalue weighted by atomic mass is 31.2. The molecular weight excluding hydrogens is 1240 g/mol. The third-order valence-corrected chi connectivity index (χ3v) is 17.1. The lowest BCUT2D eigenvalue weighted by atomic mass is 10.0. The number of hydrogen-bond donors (Lipinski definition) is 2. The van der Waals surface area contributed by atoms with Crippen molar-refractivity contribution in [3.63, 3.8) is 0 Å². The van der Waals surface area contributed by atoms with E-state index in [4.69, 9.17) is 24.3 Å². The van der Waals surface area contributed by atoms with Crippen LogP contribution >= 0.6 is 7.82 Å². The van der Waals surface area contributed by atoms with Gasteiger partial charge in [0, 0.05) is 19.4 Å². The van der Waals surface area contributed by atoms with E-state index in [1.165, 1.54) is 122 Å². The number of rotatable bonds is 72. The van der Waals surface area contributed by atoms with Crippen LogP contribution in [0.15, 0.2) is 207 Å². The van der Waals surface area contributed by atoms with Crippen molar-refractivity contribution < 1.29 is 37.6 Å². The average molecular weight is 1390 g/mol. The van der Waals surface area contributed by atoms with Crippen molar-refractivity contribution in [1.82, 2.24) is 0 Å². The van der Waals surface area contributed by atoms with E-state index in [1.54, 1.807) is 0 Å². The number of phosphoric acid groups is 1. The van der Waals surface area contributed by atoms with Gasteiger partial charge in [0.05, 0.1) is 13.2 Å². The topological polar surface area (TPSA) is 134 Å². The second-order valence-corrected chi connectivity index (χ2v) is 26.9. The second-order valence-electron chi connectivity index (χ2n) is 25.5. The molecule has 0 aromatic heterocycles. The van der Waals surface area contributed by atoms with Crippen LogP contribution in [0, 0.1) is 0 Å². The van der Waals surface area contributed by atoms with Crippen molar-refractivity contribution in [1.29, 1.82) is 0 Å². The Morgan fingerprint density at radius 3 is 0.778 bits per heavy atom. The summed E-state index contributed by atoms with van der Waals surface area (Å²) in [6, 6.07) is 0. The molecule has 9 nitrogen and oxygen atoms in total. The summed E-state index contributed by atoms with van der Waals surface area (Å²) in [7, 11) is -4.41. The first-order chi connectivity index (χ1) is 48.8. The number of phosphoric ester groups is 1. The van der Waals surface area contributed by atoms with E-state index in [-0.39, 0.29) is 38.6 Å². The van der Waals surface area contributed by atoms with E-state index >= 15 is 0 Å². The highest BCUT2D eigenvalue weighted by molar-refractivity contribution is 7.47. The van der Waals surface area contributed by atoms with E-state index in [9.17, 15) is 19.0 Å². The zero-order chi connectivity index (χ0) is 71.5. The molecule has 0 saturated heterocycles. The molecule has 0 spiro atoms. The number of esters is 2. The van der Waals surface area contributed by atoms with Gasteiger partial charge in [0.25, 0.3) is 0 Å². The normalized spacial score (nSPS) is 14.0. The lowest BCUT2D eigenvalue weighted by molar-refractivity contribution is -0.161. The first-order valence-corrected chi connectivity index (χ1v) is 41.1. The Labute approximate surface area is 608 Å². The van der Waals surface area contributed by atoms with E-state index in [0.717, 1.165) is 154 Å². The Morgan fingerprint density at radius 1 is 0.303 bits per heavy atom. The van der Waals surface area contributed by atoms with E-state index in [1.807, 2.05) is 0 Å². The van der Waals surface area contributed by atoms with Gasteiger partial charge < -0.3 is 20.1 Å². The molecule has 0 aromatic carbocycles. The Balaban J connectivity index is 3.91. The summed E-state index contributed by atoms with van der Waals surface area (Å²) in [6.07, 6.45) is 125. The van der Waals surface area contributed by atoms with Crippen molar-refractivity contribution in [2.24, 2.45) is 5.73 Å². The molecule has 10 heteroatoms. The SMILES string of the molecule is CC/C=C\C/C=C\C/C=C\C/C=C\C/C=C\C/C=C\C/C=C\C/C=C\C/C=C\CCCCCCCCCCCC(=O)OC(COC(=O)CCCCCCCCCCCCCCCCCC/C=C\C/C=C\C/C=C\C/C=C\C/C=C\C/C=C\C/C=C\C/C=C\CC)COP(=O)(O)OCCN. The Bertz CT molecular complexity index is 2390. The Morgan fingerprint density at radius 2 is 0.525 bits per heavy atom. The van der Waals surface area contributed by atoms with Gasteiger partial charge in [-0.3, -0.25) is 18.6 Å². The van der Waals surface area contributed by atoms with E-state index in [2.05, 4.69) is 220 Å². The Kier molecular flexibility index (Phi) is 77.1. The molecule has 99 heavy (non-hydrogen) atoms. The van der Waals surface area contributed by atoms with Gasteiger partial charge in [0.1, 0.15) is 6.61 Å². The van der Waals surface area contributed by atoms with Crippen LogP contribution in [0.25, 0.3) is 0 Å². The molecule has 0 bridgehead atoms. The zero-order valence-electron chi connectivity index (χ0n) is 62.9. The Hall–Kier alpha value is -5.41. The third kappa shape index (κ3) is 81.4. The number of allylic oxidation sites excluding steroid dienone is 34. The third-order valence-electron chi connectivity index (χ3n) is 16.2. The van der Waals surface area contributed by atoms with Gasteiger partial charge in [-0.25, -0.2) is 4.57 Å². The second kappa shape index (κ2) is 81.6. The molecule has 2 atom stereocenters. The number of nitrogens with two attached hydrogens (primary N) is 1. The summed E-state index contributed by atoms with van der Waals surface area (Å²) in [5.74, 6) is -0.839. The van der Waals surface area contributed by atoms with Crippen LogP contribution in [0.5, 0.6) is 0 Å². The van der Waals surface area contributed by atoms with Crippen LogP contribution in [0.2, 0.25) is 0 Å². The predicted octanol–water partition coefficient (Wildman–Crippen LogP) is 27.0. The van der Waals surface area contributed by atoms with Gasteiger partial charge in [0.15, 0.2) is 6.10 Å². The van der Waals surface area contributed by atoms with Crippen LogP contribution in [0.4, 0.5) is 0 Å². The molecule has 0 saturated carbocycles. The van der Waals surface area contributed by atoms with Crippen molar-refractivity contribution in [3.8, 4) is 0 Å². The van der Waals surface area contributed by atoms with Gasteiger partial charge in [-0.2, -0.15) is 0 Å². The fourth-order valence-electron chi connectivity index (χ4n) is 10.4.